The molecule has 3 aromatic rings. The van der Waals surface area contributed by atoms with E-state index in [0.29, 0.717) is 10.7 Å². The molecule has 1 amide bonds. The van der Waals surface area contributed by atoms with Crippen LogP contribution in [0.3, 0.4) is 0 Å². The molecule has 0 fully saturated rings. The Kier molecular flexibility index (Phi) is 5.63. The molecule has 4 nitrogen and oxygen atoms in total. The van der Waals surface area contributed by atoms with Crippen LogP contribution in [0.25, 0.3) is 11.3 Å². The Morgan fingerprint density at radius 3 is 2.46 bits per heavy atom. The van der Waals surface area contributed by atoms with Crippen LogP contribution in [0, 0.1) is 19.7 Å². The molecular weight excluding hydrogens is 349 g/mol. The zero-order valence-electron chi connectivity index (χ0n) is 14.5. The number of amides is 1. The van der Waals surface area contributed by atoms with E-state index in [-0.39, 0.29) is 17.5 Å². The molecule has 2 aromatic carbocycles. The zero-order chi connectivity index (χ0) is 18.5. The fourth-order valence-corrected chi connectivity index (χ4v) is 3.13. The van der Waals surface area contributed by atoms with Gasteiger partial charge in [0.1, 0.15) is 10.8 Å². The second kappa shape index (κ2) is 8.10. The topological polar surface area (TPSA) is 54.9 Å². The number of halogens is 1. The molecule has 0 saturated carbocycles. The summed E-state index contributed by atoms with van der Waals surface area (Å²) in [7, 11) is 0. The van der Waals surface area contributed by atoms with Gasteiger partial charge in [-0.05, 0) is 55.8 Å². The Balaban J connectivity index is 1.59. The van der Waals surface area contributed by atoms with Crippen molar-refractivity contribution in [2.45, 2.75) is 18.9 Å². The molecule has 0 atom stereocenters. The Morgan fingerprint density at radius 2 is 1.81 bits per heavy atom. The standard InChI is InChI=1S/C20H18FN3OS/c1-13-3-8-17(14(2)11-13)18-9-10-20(24-23-18)26-12-19(25)22-16-6-4-15(21)5-7-16/h3-11H,12H2,1-2H3,(H,22,25). The average molecular weight is 367 g/mol. The van der Waals surface area contributed by atoms with Crippen LogP contribution in [0.4, 0.5) is 10.1 Å². The lowest BCUT2D eigenvalue weighted by molar-refractivity contribution is -0.113. The van der Waals surface area contributed by atoms with E-state index in [4.69, 9.17) is 0 Å². The summed E-state index contributed by atoms with van der Waals surface area (Å²) >= 11 is 1.30. The molecule has 3 rings (SSSR count). The minimum absolute atomic E-state index is 0.179. The lowest BCUT2D eigenvalue weighted by Crippen LogP contribution is -2.14. The molecule has 1 N–H and O–H groups in total. The van der Waals surface area contributed by atoms with E-state index in [2.05, 4.69) is 28.5 Å². The summed E-state index contributed by atoms with van der Waals surface area (Å²) in [6.07, 6.45) is 0. The SMILES string of the molecule is Cc1ccc(-c2ccc(SCC(=O)Nc3ccc(F)cc3)nn2)c(C)c1. The summed E-state index contributed by atoms with van der Waals surface area (Å²) in [5.74, 6) is -0.312. The van der Waals surface area contributed by atoms with Crippen LogP contribution in [0.2, 0.25) is 0 Å². The van der Waals surface area contributed by atoms with Crippen molar-refractivity contribution in [3.63, 3.8) is 0 Å². The van der Waals surface area contributed by atoms with Crippen molar-refractivity contribution in [1.82, 2.24) is 10.2 Å². The number of anilines is 1. The van der Waals surface area contributed by atoms with E-state index in [1.165, 1.54) is 41.6 Å². The van der Waals surface area contributed by atoms with Crippen molar-refractivity contribution in [2.75, 3.05) is 11.1 Å². The maximum Gasteiger partial charge on any atom is 0.234 e. The Morgan fingerprint density at radius 1 is 1.04 bits per heavy atom. The Bertz CT molecular complexity index is 911. The third-order valence-corrected chi connectivity index (χ3v) is 4.70. The van der Waals surface area contributed by atoms with Crippen molar-refractivity contribution >= 4 is 23.4 Å². The van der Waals surface area contributed by atoms with Crippen LogP contribution in [0.15, 0.2) is 59.6 Å². The molecule has 0 spiro atoms. The largest absolute Gasteiger partial charge is 0.325 e. The maximum atomic E-state index is 12.9. The summed E-state index contributed by atoms with van der Waals surface area (Å²) in [6, 6.07) is 15.6. The van der Waals surface area contributed by atoms with Gasteiger partial charge in [0, 0.05) is 11.3 Å². The average Bonchev–Trinajstić information content (AvgIpc) is 2.63. The van der Waals surface area contributed by atoms with Gasteiger partial charge in [-0.1, -0.05) is 35.5 Å². The van der Waals surface area contributed by atoms with Gasteiger partial charge in [0.05, 0.1) is 11.4 Å². The van der Waals surface area contributed by atoms with E-state index in [1.54, 1.807) is 0 Å². The van der Waals surface area contributed by atoms with Crippen molar-refractivity contribution in [3.8, 4) is 11.3 Å². The van der Waals surface area contributed by atoms with Crippen LogP contribution < -0.4 is 5.32 Å². The smallest absolute Gasteiger partial charge is 0.234 e. The van der Waals surface area contributed by atoms with Crippen molar-refractivity contribution < 1.29 is 9.18 Å². The van der Waals surface area contributed by atoms with Crippen LogP contribution in [-0.4, -0.2) is 21.9 Å². The number of rotatable bonds is 5. The van der Waals surface area contributed by atoms with E-state index < -0.39 is 0 Å². The van der Waals surface area contributed by atoms with Gasteiger partial charge >= 0.3 is 0 Å². The number of aromatic nitrogens is 2. The normalized spacial score (nSPS) is 10.6. The zero-order valence-corrected chi connectivity index (χ0v) is 15.3. The molecule has 1 heterocycles. The first-order valence-electron chi connectivity index (χ1n) is 8.11. The quantitative estimate of drug-likeness (QED) is 0.668. The summed E-state index contributed by atoms with van der Waals surface area (Å²) in [6.45, 7) is 4.10. The molecular formula is C20H18FN3OS. The molecule has 0 aliphatic heterocycles. The Labute approximate surface area is 155 Å². The number of carbonyl (C=O) groups is 1. The second-order valence-corrected chi connectivity index (χ2v) is 6.91. The molecule has 0 unspecified atom stereocenters. The lowest BCUT2D eigenvalue weighted by atomic mass is 10.0. The van der Waals surface area contributed by atoms with Crippen LogP contribution >= 0.6 is 11.8 Å². The summed E-state index contributed by atoms with van der Waals surface area (Å²) in [5.41, 5.74) is 4.78. The summed E-state index contributed by atoms with van der Waals surface area (Å²) in [4.78, 5) is 12.0. The number of benzene rings is 2. The monoisotopic (exact) mass is 367 g/mol. The number of nitrogens with one attached hydrogen (secondary N) is 1. The van der Waals surface area contributed by atoms with E-state index in [1.807, 2.05) is 31.2 Å². The fraction of sp³-hybridized carbons (Fsp3) is 0.150. The first-order valence-corrected chi connectivity index (χ1v) is 9.09. The third kappa shape index (κ3) is 4.67. The third-order valence-electron chi connectivity index (χ3n) is 3.78. The van der Waals surface area contributed by atoms with E-state index >= 15 is 0 Å². The second-order valence-electron chi connectivity index (χ2n) is 5.92. The highest BCUT2D eigenvalue weighted by atomic mass is 32.2. The number of hydrogen-bond donors (Lipinski definition) is 1. The van der Waals surface area contributed by atoms with Gasteiger partial charge in [0.25, 0.3) is 0 Å². The highest BCUT2D eigenvalue weighted by Crippen LogP contribution is 2.23. The molecule has 0 aliphatic rings. The van der Waals surface area contributed by atoms with Crippen molar-refractivity contribution in [3.05, 3.63) is 71.5 Å². The van der Waals surface area contributed by atoms with Crippen molar-refractivity contribution in [2.24, 2.45) is 0 Å². The van der Waals surface area contributed by atoms with E-state index in [9.17, 15) is 9.18 Å². The highest BCUT2D eigenvalue weighted by molar-refractivity contribution is 7.99. The van der Waals surface area contributed by atoms with Crippen LogP contribution in [0.5, 0.6) is 0 Å². The molecule has 1 aromatic heterocycles. The van der Waals surface area contributed by atoms with Gasteiger partial charge in [0.2, 0.25) is 5.91 Å². The molecule has 26 heavy (non-hydrogen) atoms. The van der Waals surface area contributed by atoms with Gasteiger partial charge < -0.3 is 5.32 Å². The van der Waals surface area contributed by atoms with Crippen LogP contribution in [0.1, 0.15) is 11.1 Å². The first-order chi connectivity index (χ1) is 12.5. The number of hydrogen-bond acceptors (Lipinski definition) is 4. The lowest BCUT2D eigenvalue weighted by Gasteiger charge is -2.07. The van der Waals surface area contributed by atoms with Gasteiger partial charge in [-0.2, -0.15) is 0 Å². The van der Waals surface area contributed by atoms with Crippen LogP contribution in [-0.2, 0) is 4.79 Å². The minimum atomic E-state index is -0.337. The summed E-state index contributed by atoms with van der Waals surface area (Å²) < 4.78 is 12.9. The van der Waals surface area contributed by atoms with Gasteiger partial charge in [-0.25, -0.2) is 4.39 Å². The van der Waals surface area contributed by atoms with Gasteiger partial charge in [0.15, 0.2) is 0 Å². The highest BCUT2D eigenvalue weighted by Gasteiger charge is 2.08. The molecule has 0 radical (unpaired) electrons. The number of thioether (sulfide) groups is 1. The number of carbonyl (C=O) groups excluding carboxylic acids is 1. The molecule has 0 aliphatic carbocycles. The maximum absolute atomic E-state index is 12.9. The van der Waals surface area contributed by atoms with Gasteiger partial charge in [-0.3, -0.25) is 4.79 Å². The molecule has 0 bridgehead atoms. The van der Waals surface area contributed by atoms with E-state index in [0.717, 1.165) is 16.8 Å². The van der Waals surface area contributed by atoms with Gasteiger partial charge in [-0.15, -0.1) is 10.2 Å². The predicted octanol–water partition coefficient (Wildman–Crippen LogP) is 4.63. The number of aryl methyl sites for hydroxylation is 2. The molecule has 132 valence electrons. The van der Waals surface area contributed by atoms with Crippen molar-refractivity contribution in [1.29, 1.82) is 0 Å². The summed E-state index contributed by atoms with van der Waals surface area (Å²) in [5, 5.41) is 11.8. The Hall–Kier alpha value is -2.73. The fourth-order valence-electron chi connectivity index (χ4n) is 2.51. The predicted molar refractivity (Wildman–Crippen MR) is 103 cm³/mol. The molecule has 0 saturated heterocycles. The first kappa shape index (κ1) is 18.1. The minimum Gasteiger partial charge on any atom is -0.325 e. The molecule has 6 heteroatoms. The number of nitrogens with zero attached hydrogens (tertiary/aromatic N) is 2.